The normalized spacial score (nSPS) is 12.5. The van der Waals surface area contributed by atoms with Crippen LogP contribution in [0.5, 0.6) is 0 Å². The van der Waals surface area contributed by atoms with Crippen molar-refractivity contribution in [1.29, 1.82) is 0 Å². The maximum Gasteiger partial charge on any atom is 0.0701 e. The van der Waals surface area contributed by atoms with Gasteiger partial charge in [0.05, 0.1) is 9.39 Å². The van der Waals surface area contributed by atoms with E-state index in [9.17, 15) is 0 Å². The Labute approximate surface area is 46.8 Å². The van der Waals surface area contributed by atoms with E-state index >= 15 is 0 Å². The smallest absolute Gasteiger partial charge is 0.0701 e. The highest BCUT2D eigenvalue weighted by molar-refractivity contribution is 8.20. The van der Waals surface area contributed by atoms with E-state index in [1.165, 1.54) is 9.39 Å². The van der Waals surface area contributed by atoms with Crippen LogP contribution in [-0.4, -0.2) is 14.1 Å². The van der Waals surface area contributed by atoms with E-state index in [1.807, 2.05) is 11.2 Å². The third-order valence-corrected chi connectivity index (χ3v) is 5.51. The molecule has 0 heterocycles. The van der Waals surface area contributed by atoms with Gasteiger partial charge in [0, 0.05) is 4.75 Å². The van der Waals surface area contributed by atoms with Crippen LogP contribution in [0, 0.1) is 0 Å². The summed E-state index contributed by atoms with van der Waals surface area (Å²) in [7, 11) is 1.26. The monoisotopic (exact) mass is 120 g/mol. The minimum atomic E-state index is 0.520. The summed E-state index contributed by atoms with van der Waals surface area (Å²) >= 11 is 2.02. The van der Waals surface area contributed by atoms with Crippen LogP contribution in [0.3, 0.4) is 0 Å². The lowest BCUT2D eigenvalue weighted by Gasteiger charge is -2.12. The number of rotatable bonds is 0. The lowest BCUT2D eigenvalue weighted by molar-refractivity contribution is 0.810. The van der Waals surface area contributed by atoms with Gasteiger partial charge in [-0.25, -0.2) is 0 Å². The van der Waals surface area contributed by atoms with Crippen molar-refractivity contribution in [3.63, 3.8) is 0 Å². The van der Waals surface area contributed by atoms with Gasteiger partial charge in [0.15, 0.2) is 0 Å². The molecule has 0 rings (SSSR count). The summed E-state index contributed by atoms with van der Waals surface area (Å²) in [4.78, 5) is 0. The van der Waals surface area contributed by atoms with E-state index in [1.54, 1.807) is 0 Å². The van der Waals surface area contributed by atoms with Crippen LogP contribution in [0.15, 0.2) is 0 Å². The molecular formula is C4H12SSi. The van der Waals surface area contributed by atoms with E-state index in [-0.39, 0.29) is 0 Å². The minimum Gasteiger partial charge on any atom is -0.192 e. The van der Waals surface area contributed by atoms with Gasteiger partial charge in [-0.15, -0.1) is 0 Å². The minimum absolute atomic E-state index is 0.520. The van der Waals surface area contributed by atoms with Gasteiger partial charge in [0.2, 0.25) is 0 Å². The molecule has 0 saturated carbocycles. The van der Waals surface area contributed by atoms with Gasteiger partial charge in [-0.2, -0.15) is 11.2 Å². The molecule has 6 heavy (non-hydrogen) atoms. The topological polar surface area (TPSA) is 0 Å². The summed E-state index contributed by atoms with van der Waals surface area (Å²) in [5.41, 5.74) is 0. The van der Waals surface area contributed by atoms with E-state index < -0.39 is 0 Å². The highest BCUT2D eigenvalue weighted by Gasteiger charge is 2.03. The summed E-state index contributed by atoms with van der Waals surface area (Å²) < 4.78 is 0.520. The Bertz CT molecular complexity index is 37.3. The van der Waals surface area contributed by atoms with Crippen LogP contribution in [0.25, 0.3) is 0 Å². The van der Waals surface area contributed by atoms with Crippen molar-refractivity contribution in [2.45, 2.75) is 25.5 Å². The van der Waals surface area contributed by atoms with Crippen LogP contribution in [0.2, 0.25) is 0 Å². The Morgan fingerprint density at radius 2 is 1.50 bits per heavy atom. The lowest BCUT2D eigenvalue weighted by Crippen LogP contribution is -2.05. The Hall–Kier alpha value is 0.567. The molecule has 0 aromatic heterocycles. The van der Waals surface area contributed by atoms with Gasteiger partial charge in [0.1, 0.15) is 0 Å². The molecular weight excluding hydrogens is 108 g/mol. The fraction of sp³-hybridized carbons (Fsp3) is 1.00. The first-order valence-electron chi connectivity index (χ1n) is 2.11. The fourth-order valence-electron chi connectivity index (χ4n) is 0. The first-order valence-corrected chi connectivity index (χ1v) is 5.79. The number of hydrogen-bond acceptors (Lipinski definition) is 1. The first-order chi connectivity index (χ1) is 2.56. The quantitative estimate of drug-likeness (QED) is 0.426. The van der Waals surface area contributed by atoms with Gasteiger partial charge >= 0.3 is 0 Å². The van der Waals surface area contributed by atoms with Gasteiger partial charge < -0.3 is 0 Å². The third-order valence-electron chi connectivity index (χ3n) is 0.612. The molecule has 38 valence electrons. The average Bonchev–Trinajstić information content (AvgIpc) is 1.35. The van der Waals surface area contributed by atoms with E-state index in [0.29, 0.717) is 4.75 Å². The third kappa shape index (κ3) is 4.57. The number of hydrogen-bond donors (Lipinski definition) is 0. The van der Waals surface area contributed by atoms with Crippen LogP contribution < -0.4 is 0 Å². The fourth-order valence-corrected chi connectivity index (χ4v) is 0. The molecule has 0 aliphatic rings. The van der Waals surface area contributed by atoms with Gasteiger partial charge in [0.25, 0.3) is 0 Å². The van der Waals surface area contributed by atoms with Crippen molar-refractivity contribution in [1.82, 2.24) is 0 Å². The molecule has 0 spiro atoms. The van der Waals surface area contributed by atoms with Crippen LogP contribution in [-0.2, 0) is 0 Å². The van der Waals surface area contributed by atoms with Crippen molar-refractivity contribution in [3.05, 3.63) is 0 Å². The zero-order valence-electron chi connectivity index (χ0n) is 4.91. The summed E-state index contributed by atoms with van der Waals surface area (Å²) in [6.07, 6.45) is 0. The Morgan fingerprint density at radius 1 is 1.33 bits per heavy atom. The summed E-state index contributed by atoms with van der Waals surface area (Å²) in [5.74, 6) is 0. The lowest BCUT2D eigenvalue weighted by atomic mass is 10.3. The molecule has 0 aliphatic carbocycles. The molecule has 0 aliphatic heterocycles. The van der Waals surface area contributed by atoms with Crippen LogP contribution in [0.4, 0.5) is 0 Å². The molecule has 0 bridgehead atoms. The predicted molar refractivity (Wildman–Crippen MR) is 37.3 cm³/mol. The van der Waals surface area contributed by atoms with Gasteiger partial charge in [-0.05, 0) is 0 Å². The highest BCUT2D eigenvalue weighted by atomic mass is 32.4. The predicted octanol–water partition coefficient (Wildman–Crippen LogP) is 0.798. The van der Waals surface area contributed by atoms with Crippen molar-refractivity contribution in [2.75, 3.05) is 0 Å². The largest absolute Gasteiger partial charge is 0.192 e. The summed E-state index contributed by atoms with van der Waals surface area (Å²) in [6, 6.07) is 0. The molecule has 0 aromatic rings. The molecule has 0 amide bonds. The van der Waals surface area contributed by atoms with E-state index in [4.69, 9.17) is 0 Å². The summed E-state index contributed by atoms with van der Waals surface area (Å²) in [5, 5.41) is 0. The summed E-state index contributed by atoms with van der Waals surface area (Å²) in [6.45, 7) is 6.72. The molecule has 0 radical (unpaired) electrons. The zero-order valence-corrected chi connectivity index (χ0v) is 7.72. The Kier molecular flexibility index (Phi) is 2.22. The molecule has 0 N–H and O–H groups in total. The van der Waals surface area contributed by atoms with Crippen molar-refractivity contribution >= 4 is 20.6 Å². The standard InChI is InChI=1S/C4H12SSi/c1-4(2,3)5-6/h1-3,6H3. The van der Waals surface area contributed by atoms with Gasteiger partial charge in [-0.1, -0.05) is 20.8 Å². The van der Waals surface area contributed by atoms with Crippen molar-refractivity contribution in [3.8, 4) is 0 Å². The molecule has 0 unspecified atom stereocenters. The Morgan fingerprint density at radius 3 is 1.50 bits per heavy atom. The molecule has 0 saturated heterocycles. The van der Waals surface area contributed by atoms with Gasteiger partial charge in [-0.3, -0.25) is 0 Å². The van der Waals surface area contributed by atoms with Crippen molar-refractivity contribution in [2.24, 2.45) is 0 Å². The average molecular weight is 120 g/mol. The molecule has 2 heteroatoms. The SMILES string of the molecule is CC(C)(C)S[SiH3]. The molecule has 0 fully saturated rings. The Balaban J connectivity index is 3.17. The second-order valence-corrected chi connectivity index (χ2v) is 5.17. The molecule has 0 aromatic carbocycles. The van der Waals surface area contributed by atoms with Crippen molar-refractivity contribution < 1.29 is 0 Å². The van der Waals surface area contributed by atoms with E-state index in [2.05, 4.69) is 20.8 Å². The van der Waals surface area contributed by atoms with Crippen LogP contribution in [0.1, 0.15) is 20.8 Å². The second kappa shape index (κ2) is 2.03. The first kappa shape index (κ1) is 6.57. The molecule has 0 atom stereocenters. The molecule has 0 nitrogen and oxygen atoms in total. The maximum absolute atomic E-state index is 2.24. The van der Waals surface area contributed by atoms with Crippen LogP contribution >= 0.6 is 11.2 Å². The van der Waals surface area contributed by atoms with E-state index in [0.717, 1.165) is 0 Å². The maximum atomic E-state index is 2.24. The highest BCUT2D eigenvalue weighted by Crippen LogP contribution is 2.17. The second-order valence-electron chi connectivity index (χ2n) is 2.32. The zero-order chi connectivity index (χ0) is 5.21.